The topological polar surface area (TPSA) is 53.7 Å². The normalized spacial score (nSPS) is 15.1. The van der Waals surface area contributed by atoms with Crippen molar-refractivity contribution in [3.8, 4) is 11.3 Å². The predicted octanol–water partition coefficient (Wildman–Crippen LogP) is 5.30. The molecule has 0 N–H and O–H groups in total. The molecule has 1 aliphatic rings. The summed E-state index contributed by atoms with van der Waals surface area (Å²) in [7, 11) is 0. The number of hydrogen-bond acceptors (Lipinski definition) is 4. The molecule has 4 aromatic rings. The van der Waals surface area contributed by atoms with Gasteiger partial charge in [0.25, 0.3) is 5.91 Å². The Balaban J connectivity index is 1.38. The third kappa shape index (κ3) is 5.47. The molecule has 0 bridgehead atoms. The zero-order valence-electron chi connectivity index (χ0n) is 21.6. The van der Waals surface area contributed by atoms with E-state index in [-0.39, 0.29) is 17.1 Å². The molecule has 37 heavy (non-hydrogen) atoms. The molecule has 1 aliphatic heterocycles. The van der Waals surface area contributed by atoms with Crippen molar-refractivity contribution in [2.45, 2.75) is 26.2 Å². The van der Waals surface area contributed by atoms with Gasteiger partial charge in [0, 0.05) is 49.8 Å². The van der Waals surface area contributed by atoms with E-state index >= 15 is 0 Å². The molecule has 190 valence electrons. The van der Waals surface area contributed by atoms with Gasteiger partial charge in [0.2, 0.25) is 0 Å². The maximum absolute atomic E-state index is 14.6. The van der Waals surface area contributed by atoms with Crippen LogP contribution in [-0.2, 0) is 5.41 Å². The van der Waals surface area contributed by atoms with E-state index in [1.54, 1.807) is 28.8 Å². The van der Waals surface area contributed by atoms with Crippen LogP contribution in [0.15, 0.2) is 72.8 Å². The van der Waals surface area contributed by atoms with Crippen LogP contribution < -0.4 is 0 Å². The van der Waals surface area contributed by atoms with Gasteiger partial charge in [-0.3, -0.25) is 9.69 Å². The minimum Gasteiger partial charge on any atom is -0.335 e. The summed E-state index contributed by atoms with van der Waals surface area (Å²) in [6, 6.07) is 20.3. The Morgan fingerprint density at radius 3 is 2.38 bits per heavy atom. The number of halogens is 1. The zero-order chi connectivity index (χ0) is 26.0. The second-order valence-electron chi connectivity index (χ2n) is 10.5. The molecule has 0 unspecified atom stereocenters. The molecule has 0 radical (unpaired) electrons. The number of fused-ring (bicyclic) bond motifs is 1. The molecule has 1 amide bonds. The van der Waals surface area contributed by atoms with Crippen molar-refractivity contribution in [2.24, 2.45) is 0 Å². The molecular weight excluding hydrogens is 465 g/mol. The Kier molecular flexibility index (Phi) is 6.89. The highest BCUT2D eigenvalue weighted by atomic mass is 19.1. The molecule has 2 aromatic carbocycles. The predicted molar refractivity (Wildman–Crippen MR) is 145 cm³/mol. The van der Waals surface area contributed by atoms with E-state index in [2.05, 4.69) is 54.9 Å². The SMILES string of the molecule is CC(C)(C)c1cc2nc(-c3ccccc3F)cc(C(=O)N3CCN(C/C=C/c4ccccc4)CC3)n2n1. The first-order valence-corrected chi connectivity index (χ1v) is 12.7. The Morgan fingerprint density at radius 1 is 0.973 bits per heavy atom. The van der Waals surface area contributed by atoms with Crippen LogP contribution in [0.5, 0.6) is 0 Å². The lowest BCUT2D eigenvalue weighted by atomic mass is 9.93. The van der Waals surface area contributed by atoms with Crippen LogP contribution in [0, 0.1) is 5.82 Å². The number of nitrogens with zero attached hydrogens (tertiary/aromatic N) is 5. The second kappa shape index (κ2) is 10.3. The van der Waals surface area contributed by atoms with Gasteiger partial charge in [0.15, 0.2) is 5.65 Å². The summed E-state index contributed by atoms with van der Waals surface area (Å²) < 4.78 is 16.3. The zero-order valence-corrected chi connectivity index (χ0v) is 21.6. The van der Waals surface area contributed by atoms with Gasteiger partial charge in [-0.1, -0.05) is 75.4 Å². The van der Waals surface area contributed by atoms with Crippen LogP contribution in [0.1, 0.15) is 42.5 Å². The van der Waals surface area contributed by atoms with Crippen molar-refractivity contribution in [1.82, 2.24) is 24.4 Å². The van der Waals surface area contributed by atoms with Crippen molar-refractivity contribution < 1.29 is 9.18 Å². The quantitative estimate of drug-likeness (QED) is 0.375. The molecule has 0 aliphatic carbocycles. The summed E-state index contributed by atoms with van der Waals surface area (Å²) in [6.07, 6.45) is 4.29. The van der Waals surface area contributed by atoms with Crippen molar-refractivity contribution in [2.75, 3.05) is 32.7 Å². The van der Waals surface area contributed by atoms with E-state index in [0.717, 1.165) is 25.3 Å². The van der Waals surface area contributed by atoms with Crippen molar-refractivity contribution in [3.63, 3.8) is 0 Å². The molecule has 0 saturated carbocycles. The molecule has 1 fully saturated rings. The van der Waals surface area contributed by atoms with Crippen LogP contribution in [-0.4, -0.2) is 63.0 Å². The van der Waals surface area contributed by atoms with E-state index in [1.165, 1.54) is 11.6 Å². The van der Waals surface area contributed by atoms with E-state index in [0.29, 0.717) is 35.7 Å². The van der Waals surface area contributed by atoms with Gasteiger partial charge < -0.3 is 4.90 Å². The lowest BCUT2D eigenvalue weighted by molar-refractivity contribution is 0.0641. The third-order valence-corrected chi connectivity index (χ3v) is 6.70. The molecule has 2 aromatic heterocycles. The highest BCUT2D eigenvalue weighted by molar-refractivity contribution is 5.94. The molecule has 5 rings (SSSR count). The minimum absolute atomic E-state index is 0.118. The fourth-order valence-electron chi connectivity index (χ4n) is 4.50. The van der Waals surface area contributed by atoms with Crippen LogP contribution in [0.25, 0.3) is 23.0 Å². The number of rotatable bonds is 5. The minimum atomic E-state index is -0.370. The largest absolute Gasteiger partial charge is 0.335 e. The maximum Gasteiger partial charge on any atom is 0.272 e. The summed E-state index contributed by atoms with van der Waals surface area (Å²) in [5.41, 5.74) is 3.53. The van der Waals surface area contributed by atoms with Crippen LogP contribution in [0.2, 0.25) is 0 Å². The monoisotopic (exact) mass is 497 g/mol. The summed E-state index contributed by atoms with van der Waals surface area (Å²) in [6.45, 7) is 9.84. The van der Waals surface area contributed by atoms with Gasteiger partial charge >= 0.3 is 0 Å². The number of carbonyl (C=O) groups excluding carboxylic acids is 1. The Morgan fingerprint density at radius 2 is 1.68 bits per heavy atom. The van der Waals surface area contributed by atoms with Gasteiger partial charge in [-0.25, -0.2) is 13.9 Å². The average molecular weight is 498 g/mol. The first kappa shape index (κ1) is 24.8. The number of carbonyl (C=O) groups is 1. The van der Waals surface area contributed by atoms with Crippen molar-refractivity contribution in [3.05, 3.63) is 95.6 Å². The fourth-order valence-corrected chi connectivity index (χ4v) is 4.50. The van der Waals surface area contributed by atoms with Crippen molar-refractivity contribution in [1.29, 1.82) is 0 Å². The molecule has 1 saturated heterocycles. The molecule has 0 atom stereocenters. The van der Waals surface area contributed by atoms with Crippen LogP contribution in [0.4, 0.5) is 4.39 Å². The number of benzene rings is 2. The number of hydrogen-bond donors (Lipinski definition) is 0. The molecule has 6 nitrogen and oxygen atoms in total. The molecular formula is C30H32FN5O. The lowest BCUT2D eigenvalue weighted by Crippen LogP contribution is -2.49. The van der Waals surface area contributed by atoms with Gasteiger partial charge in [-0.15, -0.1) is 0 Å². The first-order valence-electron chi connectivity index (χ1n) is 12.7. The third-order valence-electron chi connectivity index (χ3n) is 6.70. The van der Waals surface area contributed by atoms with E-state index in [4.69, 9.17) is 5.10 Å². The lowest BCUT2D eigenvalue weighted by Gasteiger charge is -2.34. The van der Waals surface area contributed by atoms with Gasteiger partial charge in [0.1, 0.15) is 11.5 Å². The molecule has 3 heterocycles. The first-order chi connectivity index (χ1) is 17.8. The maximum atomic E-state index is 14.6. The average Bonchev–Trinajstić information content (AvgIpc) is 3.34. The van der Waals surface area contributed by atoms with Gasteiger partial charge in [-0.2, -0.15) is 5.10 Å². The van der Waals surface area contributed by atoms with E-state index < -0.39 is 0 Å². The standard InChI is InChI=1S/C30H32FN5O/c1-30(2,3)27-21-28-32-25(23-13-7-8-14-24(23)31)20-26(36(28)33-27)29(37)35-18-16-34(17-19-35)15-9-12-22-10-5-4-6-11-22/h4-14,20-21H,15-19H2,1-3H3/b12-9+. The summed E-state index contributed by atoms with van der Waals surface area (Å²) in [5, 5.41) is 4.73. The highest BCUT2D eigenvalue weighted by Crippen LogP contribution is 2.27. The van der Waals surface area contributed by atoms with Gasteiger partial charge in [-0.05, 0) is 23.8 Å². The van der Waals surface area contributed by atoms with Crippen molar-refractivity contribution >= 4 is 17.6 Å². The Hall–Kier alpha value is -3.84. The fraction of sp³-hybridized carbons (Fsp3) is 0.300. The Bertz CT molecular complexity index is 1430. The summed E-state index contributed by atoms with van der Waals surface area (Å²) in [4.78, 5) is 22.6. The van der Waals surface area contributed by atoms with Crippen LogP contribution >= 0.6 is 0 Å². The Labute approximate surface area is 217 Å². The number of amides is 1. The highest BCUT2D eigenvalue weighted by Gasteiger charge is 2.27. The van der Waals surface area contributed by atoms with E-state index in [9.17, 15) is 9.18 Å². The smallest absolute Gasteiger partial charge is 0.272 e. The van der Waals surface area contributed by atoms with E-state index in [1.807, 2.05) is 29.2 Å². The van der Waals surface area contributed by atoms with Crippen LogP contribution in [0.3, 0.4) is 0 Å². The number of aromatic nitrogens is 3. The second-order valence-corrected chi connectivity index (χ2v) is 10.5. The molecule has 0 spiro atoms. The summed E-state index contributed by atoms with van der Waals surface area (Å²) >= 11 is 0. The molecule has 7 heteroatoms. The summed E-state index contributed by atoms with van der Waals surface area (Å²) in [5.74, 6) is -0.487. The number of piperazine rings is 1. The van der Waals surface area contributed by atoms with Gasteiger partial charge in [0.05, 0.1) is 11.4 Å².